The van der Waals surface area contributed by atoms with Crippen molar-refractivity contribution in [3.8, 4) is 5.88 Å². The molecule has 0 aliphatic carbocycles. The van der Waals surface area contributed by atoms with Crippen LogP contribution >= 0.6 is 0 Å². The third kappa shape index (κ3) is 26.6. The van der Waals surface area contributed by atoms with Gasteiger partial charge >= 0.3 is 11.5 Å². The van der Waals surface area contributed by atoms with Gasteiger partial charge in [-0.2, -0.15) is 9.13 Å². The van der Waals surface area contributed by atoms with Gasteiger partial charge in [0.1, 0.15) is 18.3 Å². The van der Waals surface area contributed by atoms with Crippen LogP contribution in [0.1, 0.15) is 356 Å². The first-order chi connectivity index (χ1) is 64.4. The fourth-order valence-corrected chi connectivity index (χ4v) is 19.2. The zero-order valence-electron chi connectivity index (χ0n) is 91.3. The molecule has 136 heavy (non-hydrogen) atoms. The molecule has 13 aromatic heterocycles. The predicted molar refractivity (Wildman–Crippen MR) is 563 cm³/mol. The lowest BCUT2D eigenvalue weighted by Crippen LogP contribution is -2.46. The van der Waals surface area contributed by atoms with Crippen LogP contribution in [-0.2, 0) is 38.9 Å². The molecular formula is C115H183N20O+9. The highest BCUT2D eigenvalue weighted by Crippen LogP contribution is 2.33. The van der Waals surface area contributed by atoms with Gasteiger partial charge in [0.05, 0.1) is 90.0 Å². The van der Waals surface area contributed by atoms with Crippen molar-refractivity contribution in [1.29, 1.82) is 0 Å². The standard InChI is InChI=1S/2C14H23N2.C13H21N2O.C13H21N2.3C13H19N2.C11H20N3.C11H18N3/c1-11(2)15-7-5-13-6-8-16(12(3)4)10-14(13)9-15;1-11(2)15-9-7-14-13(10-15)6-5-8-16(14)12(3)4;1-10(2)14-8-9-16-13-12(14)6-5-7-15(13)11(3)4;2*1-10(2)14-7-6-13-12(9-14)5-8-15(13)11(3)4;1-10(2)14-8-5-6-12-13(14)7-9-15(12)11(3)4;1-10(2)14-8-5-6-12-7-9-15(11(3)4)13(12)14;2*1-9(2)12-7-8-14-11(12)5-6-13(14)10(3)4/h5,7,9,11-12H,6,8,10H2,1-4H3;5-6,8,11-12H,7,9-10H2,1-4H3;5-7,10-11H,8-9H2,1-4H3;6-7,9-11H,5,8H2,1-4H3;3*5-11H,1-4H3;5-6,9-10H,7-8H2,1-4H3;5-10H,1-4H3/q9*+1. The summed E-state index contributed by atoms with van der Waals surface area (Å²) in [7, 11) is 0. The van der Waals surface area contributed by atoms with Crippen LogP contribution in [-0.4, -0.2) is 107 Å². The number of anilines is 3. The molecule has 0 N–H and O–H groups in total. The lowest BCUT2D eigenvalue weighted by atomic mass is 10.0. The average Bonchev–Trinajstić information content (AvgIpc) is 1.64. The highest BCUT2D eigenvalue weighted by atomic mass is 16.5. The molecule has 5 aliphatic rings. The number of fused-ring (bicyclic) bond motifs is 9. The van der Waals surface area contributed by atoms with Crippen molar-refractivity contribution in [2.45, 2.75) is 397 Å². The van der Waals surface area contributed by atoms with Crippen LogP contribution in [0.3, 0.4) is 0 Å². The van der Waals surface area contributed by atoms with Crippen LogP contribution in [0.4, 0.5) is 17.2 Å². The smallest absolute Gasteiger partial charge is 0.392 e. The average molecular weight is 1860 g/mol. The van der Waals surface area contributed by atoms with E-state index in [-0.39, 0.29) is 0 Å². The zero-order valence-corrected chi connectivity index (χ0v) is 91.3. The first-order valence-corrected chi connectivity index (χ1v) is 52.2. The summed E-state index contributed by atoms with van der Waals surface area (Å²) in [6.07, 6.45) is 40.7. The molecule has 0 amide bonds. The van der Waals surface area contributed by atoms with E-state index in [2.05, 4.69) is 545 Å². The van der Waals surface area contributed by atoms with Gasteiger partial charge in [-0.05, 0) is 310 Å². The number of pyridine rings is 7. The van der Waals surface area contributed by atoms with E-state index < -0.39 is 0 Å². The maximum absolute atomic E-state index is 5.82. The van der Waals surface area contributed by atoms with E-state index >= 15 is 0 Å². The number of rotatable bonds is 18. The van der Waals surface area contributed by atoms with E-state index in [9.17, 15) is 0 Å². The van der Waals surface area contributed by atoms with Crippen molar-refractivity contribution in [2.24, 2.45) is 0 Å². The Morgan fingerprint density at radius 2 is 0.801 bits per heavy atom. The maximum atomic E-state index is 5.82. The fraction of sp³-hybridized carbons (Fsp3) is 0.574. The van der Waals surface area contributed by atoms with Gasteiger partial charge in [0.15, 0.2) is 128 Å². The third-order valence-electron chi connectivity index (χ3n) is 27.2. The van der Waals surface area contributed by atoms with Gasteiger partial charge < -0.3 is 28.6 Å². The van der Waals surface area contributed by atoms with Crippen molar-refractivity contribution in [2.75, 3.05) is 54.0 Å². The Balaban J connectivity index is 0.000000158. The molecule has 0 atom stereocenters. The maximum Gasteiger partial charge on any atom is 0.392 e. The van der Waals surface area contributed by atoms with E-state index in [0.717, 1.165) is 45.2 Å². The molecule has 13 aromatic rings. The molecule has 0 bridgehead atoms. The van der Waals surface area contributed by atoms with Crippen LogP contribution in [0.5, 0.6) is 5.88 Å². The van der Waals surface area contributed by atoms with E-state index in [1.54, 1.807) is 0 Å². The van der Waals surface area contributed by atoms with Crippen LogP contribution in [0.2, 0.25) is 0 Å². The Hall–Kier alpha value is -10.3. The number of hydrogen-bond acceptors (Lipinski definition) is 6. The first kappa shape index (κ1) is 108. The molecule has 0 fully saturated rings. The normalized spacial score (nSPS) is 14.2. The minimum atomic E-state index is 0.432. The molecule has 18 heterocycles. The Morgan fingerprint density at radius 1 is 0.294 bits per heavy atom. The van der Waals surface area contributed by atoms with E-state index in [1.807, 2.05) is 0 Å². The van der Waals surface area contributed by atoms with Gasteiger partial charge in [-0.25, -0.2) is 36.7 Å². The summed E-state index contributed by atoms with van der Waals surface area (Å²) >= 11 is 0. The van der Waals surface area contributed by atoms with Crippen molar-refractivity contribution >= 4 is 55.8 Å². The van der Waals surface area contributed by atoms with Crippen LogP contribution in [0.15, 0.2) is 202 Å². The second kappa shape index (κ2) is 48.9. The number of imidazole rings is 1. The van der Waals surface area contributed by atoms with Gasteiger partial charge in [0, 0.05) is 160 Å². The second-order valence-corrected chi connectivity index (χ2v) is 43.1. The van der Waals surface area contributed by atoms with Gasteiger partial charge in [0.2, 0.25) is 5.52 Å². The van der Waals surface area contributed by atoms with Crippen molar-refractivity contribution < 1.29 is 46.0 Å². The second-order valence-electron chi connectivity index (χ2n) is 43.1. The topological polar surface area (TPSA) is 89.4 Å². The van der Waals surface area contributed by atoms with Crippen molar-refractivity contribution in [3.63, 3.8) is 0 Å². The van der Waals surface area contributed by atoms with Crippen LogP contribution in [0, 0.1) is 0 Å². The molecule has 0 saturated carbocycles. The molecule has 0 aromatic carbocycles. The van der Waals surface area contributed by atoms with Crippen molar-refractivity contribution in [3.05, 3.63) is 230 Å². The summed E-state index contributed by atoms with van der Waals surface area (Å²) in [5.74, 6) is 2.38. The van der Waals surface area contributed by atoms with Gasteiger partial charge in [-0.15, -0.1) is 13.9 Å². The van der Waals surface area contributed by atoms with Crippen LogP contribution in [0.25, 0.3) is 38.6 Å². The van der Waals surface area contributed by atoms with Crippen molar-refractivity contribution in [1.82, 2.24) is 37.4 Å². The predicted octanol–water partition coefficient (Wildman–Crippen LogP) is 22.2. The van der Waals surface area contributed by atoms with Gasteiger partial charge in [-0.3, -0.25) is 9.80 Å². The first-order valence-electron chi connectivity index (χ1n) is 52.2. The fourth-order valence-electron chi connectivity index (χ4n) is 19.2. The van der Waals surface area contributed by atoms with Gasteiger partial charge in [-0.1, -0.05) is 0 Å². The molecular weight excluding hydrogens is 1680 g/mol. The number of ether oxygens (including phenoxy) is 1. The highest BCUT2D eigenvalue weighted by molar-refractivity contribution is 5.78. The monoisotopic (exact) mass is 1860 g/mol. The molecule has 740 valence electrons. The van der Waals surface area contributed by atoms with Crippen LogP contribution < -0.4 is 60.7 Å². The lowest BCUT2D eigenvalue weighted by Gasteiger charge is -2.32. The third-order valence-corrected chi connectivity index (χ3v) is 27.2. The number of hydrogen-bond donors (Lipinski definition) is 0. The Kier molecular flexibility index (Phi) is 38.7. The molecule has 21 nitrogen and oxygen atoms in total. The largest absolute Gasteiger partial charge is 0.441 e. The molecule has 0 unspecified atom stereocenters. The summed E-state index contributed by atoms with van der Waals surface area (Å²) < 4.78 is 40.3. The van der Waals surface area contributed by atoms with E-state index in [0.29, 0.717) is 109 Å². The Labute approximate surface area is 821 Å². The minimum absolute atomic E-state index is 0.432. The number of aromatic nitrogens is 15. The summed E-state index contributed by atoms with van der Waals surface area (Å²) in [5, 5.41) is 2.64. The summed E-state index contributed by atoms with van der Waals surface area (Å²) in [6.45, 7) is 90.0. The quantitative estimate of drug-likeness (QED) is 0.0795. The molecule has 18 rings (SSSR count). The summed E-state index contributed by atoms with van der Waals surface area (Å²) in [4.78, 5) is 12.4. The summed E-state index contributed by atoms with van der Waals surface area (Å²) in [5.41, 5.74) is 16.8. The van der Waals surface area contributed by atoms with E-state index in [4.69, 9.17) is 4.74 Å². The lowest BCUT2D eigenvalue weighted by molar-refractivity contribution is -0.790. The summed E-state index contributed by atoms with van der Waals surface area (Å²) in [6, 6.07) is 44.9. The molecule has 5 aliphatic heterocycles. The Morgan fingerprint density at radius 3 is 1.39 bits per heavy atom. The molecule has 21 heteroatoms. The molecule has 0 saturated heterocycles. The molecule has 0 radical (unpaired) electrons. The Bertz CT molecular complexity index is 5830. The van der Waals surface area contributed by atoms with Gasteiger partial charge in [0.25, 0.3) is 5.65 Å². The molecule has 0 spiro atoms. The zero-order chi connectivity index (χ0) is 99.7. The van der Waals surface area contributed by atoms with E-state index in [1.165, 1.54) is 123 Å². The highest BCUT2D eigenvalue weighted by Gasteiger charge is 2.34. The SMILES string of the molecule is CC(C)N1CCOc2c1ccc[n+]2C(C)C.CC(C)N1CCc2c(ccc[n+]2C(C)C)C1.CC(C)N1CCc2c[n+](C(C)C)ccc21.CC(C)N1CCc2cc[n+](C(C)C)cc2C1.CC(C)N1CCn2c1cc[n+]2C(C)C.CC(C)n1ccc2c1ccc[n+]2C(C)C.CC(C)n1ccc2c[n+](C(C)C)ccc21.CC(C)n1ccc2ccc[n+](C(C)C)c21.CC(C)n1ccc2n1cc[n+]2C(C)C. The minimum Gasteiger partial charge on any atom is -0.441 e. The number of nitrogens with zero attached hydrogens (tertiary/aromatic N) is 20.